The largest absolute Gasteiger partial charge is 2.00 e. The zero-order valence-corrected chi connectivity index (χ0v) is 44.2. The Morgan fingerprint density at radius 3 is 0.738 bits per heavy atom. The molecule has 0 bridgehead atoms. The fourth-order valence-corrected chi connectivity index (χ4v) is 10.1. The molecule has 0 saturated heterocycles. The second-order valence-corrected chi connectivity index (χ2v) is 20.7. The Morgan fingerprint density at radius 2 is 0.541 bits per heavy atom. The van der Waals surface area contributed by atoms with Crippen LogP contribution in [0.1, 0.15) is 253 Å². The third kappa shape index (κ3) is 29.6. The van der Waals surface area contributed by atoms with E-state index in [2.05, 4.69) is 13.8 Å². The second kappa shape index (κ2) is 37.7. The Labute approximate surface area is 407 Å². The van der Waals surface area contributed by atoms with Gasteiger partial charge in [0, 0.05) is 0 Å². The van der Waals surface area contributed by atoms with Gasteiger partial charge in [-0.2, -0.15) is 0 Å². The van der Waals surface area contributed by atoms with E-state index in [0.717, 1.165) is 59.1 Å². The van der Waals surface area contributed by atoms with Gasteiger partial charge in [0.2, 0.25) is 0 Å². The van der Waals surface area contributed by atoms with Crippen LogP contribution in [0.2, 0.25) is 0 Å². The molecule has 0 aliphatic rings. The zero-order valence-electron chi connectivity index (χ0n) is 40.3. The minimum absolute atomic E-state index is 0. The average molecular weight is 915 g/mol. The molecule has 0 saturated carbocycles. The van der Waals surface area contributed by atoms with Crippen molar-refractivity contribution in [3.8, 4) is 0 Å². The van der Waals surface area contributed by atoms with Crippen LogP contribution in [-0.4, -0.2) is 63.7 Å². The maximum absolute atomic E-state index is 11.5. The van der Waals surface area contributed by atoms with E-state index < -0.39 is 20.2 Å². The van der Waals surface area contributed by atoms with Gasteiger partial charge in [0.1, 0.15) is 20.2 Å². The van der Waals surface area contributed by atoms with E-state index in [-0.39, 0.29) is 47.5 Å². The Bertz CT molecular complexity index is 1490. The van der Waals surface area contributed by atoms with Crippen molar-refractivity contribution in [2.24, 2.45) is 0 Å². The maximum atomic E-state index is 11.5. The molecule has 0 aromatic heterocycles. The molecule has 2 rings (SSSR count). The van der Waals surface area contributed by atoms with Crippen LogP contribution in [0, 0.1) is 27.7 Å². The van der Waals surface area contributed by atoms with Gasteiger partial charge in [0.25, 0.3) is 0 Å². The van der Waals surface area contributed by atoms with Gasteiger partial charge in [-0.1, -0.05) is 219 Å². The topological polar surface area (TPSA) is 114 Å². The number of aryl methyl sites for hydroxylation is 2. The molecule has 61 heavy (non-hydrogen) atoms. The molecule has 0 fully saturated rings. The molecule has 0 N–H and O–H groups in total. The molecule has 0 spiro atoms. The van der Waals surface area contributed by atoms with Crippen LogP contribution < -0.4 is 0 Å². The fraction of sp³-hybridized carbons (Fsp3) is 0.769. The predicted octanol–water partition coefficient (Wildman–Crippen LogP) is 15.6. The van der Waals surface area contributed by atoms with E-state index in [0.29, 0.717) is 12.8 Å². The van der Waals surface area contributed by atoms with E-state index in [9.17, 15) is 25.9 Å². The van der Waals surface area contributed by atoms with Gasteiger partial charge in [0.05, 0.1) is 9.79 Å². The molecule has 2 aromatic carbocycles. The Kier molecular flexibility index (Phi) is 37.4. The maximum Gasteiger partial charge on any atom is 2.00 e. The van der Waals surface area contributed by atoms with E-state index in [1.165, 1.54) is 192 Å². The summed E-state index contributed by atoms with van der Waals surface area (Å²) in [5.41, 5.74) is 5.47. The van der Waals surface area contributed by atoms with Gasteiger partial charge in [-0.15, -0.1) is 0 Å². The van der Waals surface area contributed by atoms with Gasteiger partial charge in [-0.25, -0.2) is 16.8 Å². The van der Waals surface area contributed by atoms with Crippen LogP contribution in [0.4, 0.5) is 0 Å². The molecule has 2 aromatic rings. The number of rotatable bonds is 36. The Hall–Kier alpha value is -0.480. The Balaban J connectivity index is 0.00000116. The predicted molar refractivity (Wildman–Crippen MR) is 260 cm³/mol. The average Bonchev–Trinajstić information content (AvgIpc) is 3.19. The minimum atomic E-state index is -4.39. The van der Waals surface area contributed by atoms with Crippen molar-refractivity contribution in [1.29, 1.82) is 0 Å². The summed E-state index contributed by atoms with van der Waals surface area (Å²) in [5, 5.41) is 0. The number of hydrogen-bond acceptors (Lipinski definition) is 6. The first kappa shape index (κ1) is 60.5. The van der Waals surface area contributed by atoms with Crippen LogP contribution in [-0.2, 0) is 33.1 Å². The van der Waals surface area contributed by atoms with Gasteiger partial charge in [-0.3, -0.25) is 0 Å². The van der Waals surface area contributed by atoms with E-state index in [1.54, 1.807) is 12.1 Å². The molecule has 0 heterocycles. The van der Waals surface area contributed by atoms with E-state index in [1.807, 2.05) is 27.7 Å². The third-order valence-corrected chi connectivity index (χ3v) is 14.6. The van der Waals surface area contributed by atoms with Gasteiger partial charge in [0.15, 0.2) is 0 Å². The van der Waals surface area contributed by atoms with Crippen LogP contribution in [0.3, 0.4) is 0 Å². The van der Waals surface area contributed by atoms with Gasteiger partial charge < -0.3 is 9.11 Å². The van der Waals surface area contributed by atoms with Crippen LogP contribution >= 0.6 is 0 Å². The second-order valence-electron chi connectivity index (χ2n) is 18.0. The summed E-state index contributed by atoms with van der Waals surface area (Å²) in [5.74, 6) is 0. The number of hydrogen-bond donors (Lipinski definition) is 0. The van der Waals surface area contributed by atoms with Crippen molar-refractivity contribution in [2.75, 3.05) is 0 Å². The molecule has 6 nitrogen and oxygen atoms in total. The van der Waals surface area contributed by atoms with Crippen LogP contribution in [0.15, 0.2) is 34.1 Å². The van der Waals surface area contributed by atoms with Crippen molar-refractivity contribution >= 4 is 58.0 Å². The summed E-state index contributed by atoms with van der Waals surface area (Å²) in [6.07, 6.45) is 43.6. The molecule has 348 valence electrons. The summed E-state index contributed by atoms with van der Waals surface area (Å²) >= 11 is 0. The summed E-state index contributed by atoms with van der Waals surface area (Å²) in [6.45, 7) is 12.3. The van der Waals surface area contributed by atoms with Crippen molar-refractivity contribution in [2.45, 2.75) is 270 Å². The summed E-state index contributed by atoms with van der Waals surface area (Å²) < 4.78 is 69.2. The molecule has 0 aliphatic carbocycles. The minimum Gasteiger partial charge on any atom is -0.744 e. The first-order valence-electron chi connectivity index (χ1n) is 24.9. The van der Waals surface area contributed by atoms with E-state index >= 15 is 0 Å². The van der Waals surface area contributed by atoms with Crippen molar-refractivity contribution in [3.63, 3.8) is 0 Å². The summed E-state index contributed by atoms with van der Waals surface area (Å²) in [6, 6.07) is 6.42. The standard InChI is InChI=1S/2C26H46O3S.Ca/c2*1-4-5-6-7-8-9-10-11-12-13-14-15-16-17-18-19-20-25-24(3)23(2)21-22-26(25)30(27,28)29;/h2*21-22H,4-20H2,1-3H3,(H,27,28,29);/q;;+2/p-2. The number of unbranched alkanes of at least 4 members (excludes halogenated alkanes) is 30. The molecule has 0 atom stereocenters. The monoisotopic (exact) mass is 915 g/mol. The zero-order chi connectivity index (χ0) is 44.5. The van der Waals surface area contributed by atoms with Crippen LogP contribution in [0.5, 0.6) is 0 Å². The molecule has 0 unspecified atom stereocenters. The van der Waals surface area contributed by atoms with Crippen molar-refractivity contribution < 1.29 is 25.9 Å². The quantitative estimate of drug-likeness (QED) is 0.0382. The first-order valence-corrected chi connectivity index (χ1v) is 27.7. The first-order chi connectivity index (χ1) is 28.8. The van der Waals surface area contributed by atoms with Gasteiger partial charge >= 0.3 is 37.7 Å². The molecular formula is C52H90CaO6S2. The fourth-order valence-electron chi connectivity index (χ4n) is 8.49. The number of benzene rings is 2. The van der Waals surface area contributed by atoms with Crippen LogP contribution in [0.25, 0.3) is 0 Å². The molecular weight excluding hydrogens is 825 g/mol. The summed E-state index contributed by atoms with van der Waals surface area (Å²) in [7, 11) is -8.79. The molecule has 9 heteroatoms. The molecule has 0 amide bonds. The van der Waals surface area contributed by atoms with Gasteiger partial charge in [-0.05, 0) is 98.9 Å². The van der Waals surface area contributed by atoms with Crippen molar-refractivity contribution in [3.05, 3.63) is 57.6 Å². The Morgan fingerprint density at radius 1 is 0.344 bits per heavy atom. The third-order valence-electron chi connectivity index (χ3n) is 12.8. The smallest absolute Gasteiger partial charge is 0.744 e. The molecule has 0 aliphatic heterocycles. The van der Waals surface area contributed by atoms with Crippen molar-refractivity contribution in [1.82, 2.24) is 0 Å². The normalized spacial score (nSPS) is 11.7. The molecule has 0 radical (unpaired) electrons. The SMILES string of the molecule is CCCCCCCCCCCCCCCCCCc1c(S(=O)(=O)[O-])ccc(C)c1C.CCCCCCCCCCCCCCCCCCc1c(S(=O)(=O)[O-])ccc(C)c1C.[Ca+2]. The summed E-state index contributed by atoms with van der Waals surface area (Å²) in [4.78, 5) is -0.0434. The van der Waals surface area contributed by atoms with E-state index in [4.69, 9.17) is 0 Å².